The summed E-state index contributed by atoms with van der Waals surface area (Å²) in [5.41, 5.74) is 3.73. The third-order valence-electron chi connectivity index (χ3n) is 5.01. The topological polar surface area (TPSA) is 35.8 Å². The van der Waals surface area contributed by atoms with Gasteiger partial charge in [0.15, 0.2) is 0 Å². The summed E-state index contributed by atoms with van der Waals surface area (Å²) < 4.78 is 13.3. The number of hydrogen-bond donors (Lipinski definition) is 0. The van der Waals surface area contributed by atoms with Crippen LogP contribution in [0, 0.1) is 0 Å². The number of fused-ring (bicyclic) bond motifs is 6. The molecule has 132 valence electrons. The molecule has 3 aromatic carbocycles. The predicted octanol–water partition coefficient (Wildman–Crippen LogP) is 5.32. The van der Waals surface area contributed by atoms with Crippen LogP contribution < -0.4 is 9.47 Å². The minimum atomic E-state index is 0.742. The zero-order valence-corrected chi connectivity index (χ0v) is 15.1. The summed E-state index contributed by atoms with van der Waals surface area (Å²) in [6.07, 6.45) is 2.06. The van der Waals surface area contributed by atoms with Gasteiger partial charge in [-0.2, -0.15) is 0 Å². The fourth-order valence-electron chi connectivity index (χ4n) is 3.80. The second-order valence-electron chi connectivity index (χ2n) is 6.42. The zero-order chi connectivity index (χ0) is 18.4. The van der Waals surface area contributed by atoms with Gasteiger partial charge in [0.25, 0.3) is 0 Å². The van der Waals surface area contributed by atoms with Crippen LogP contribution in [-0.4, -0.2) is 23.6 Å². The average Bonchev–Trinajstić information content (AvgIpc) is 3.18. The van der Waals surface area contributed by atoms with E-state index in [-0.39, 0.29) is 0 Å². The van der Waals surface area contributed by atoms with Crippen molar-refractivity contribution in [1.82, 2.24) is 9.38 Å². The molecule has 0 saturated heterocycles. The molecule has 0 atom stereocenters. The van der Waals surface area contributed by atoms with Gasteiger partial charge in [-0.15, -0.1) is 0 Å². The van der Waals surface area contributed by atoms with Gasteiger partial charge < -0.3 is 9.47 Å². The number of rotatable bonds is 3. The first-order valence-corrected chi connectivity index (χ1v) is 8.81. The molecule has 0 aliphatic rings. The third-order valence-corrected chi connectivity index (χ3v) is 5.01. The Morgan fingerprint density at radius 2 is 1.33 bits per heavy atom. The molecular weight excluding hydrogens is 336 g/mol. The Labute approximate surface area is 156 Å². The lowest BCUT2D eigenvalue weighted by molar-refractivity contribution is 0.397. The molecule has 0 N–H and O–H groups in total. The van der Waals surface area contributed by atoms with Crippen molar-refractivity contribution >= 4 is 27.3 Å². The lowest BCUT2D eigenvalue weighted by Crippen LogP contribution is -1.92. The summed E-state index contributed by atoms with van der Waals surface area (Å²) in [6.45, 7) is 0. The van der Waals surface area contributed by atoms with Crippen LogP contribution in [0.4, 0.5) is 0 Å². The Hall–Kier alpha value is -3.53. The van der Waals surface area contributed by atoms with E-state index in [1.54, 1.807) is 14.2 Å². The maximum absolute atomic E-state index is 5.58. The van der Waals surface area contributed by atoms with Crippen molar-refractivity contribution in [3.8, 4) is 22.8 Å². The van der Waals surface area contributed by atoms with Crippen LogP contribution >= 0.6 is 0 Å². The van der Waals surface area contributed by atoms with Gasteiger partial charge in [0, 0.05) is 17.0 Å². The monoisotopic (exact) mass is 354 g/mol. The van der Waals surface area contributed by atoms with E-state index >= 15 is 0 Å². The second-order valence-corrected chi connectivity index (χ2v) is 6.42. The molecule has 0 aliphatic carbocycles. The smallest absolute Gasteiger partial charge is 0.145 e. The Balaban J connectivity index is 1.94. The summed E-state index contributed by atoms with van der Waals surface area (Å²) >= 11 is 0. The number of para-hydroxylation sites is 1. The predicted molar refractivity (Wildman–Crippen MR) is 109 cm³/mol. The van der Waals surface area contributed by atoms with Crippen LogP contribution in [0.2, 0.25) is 0 Å². The molecule has 0 unspecified atom stereocenters. The number of aromatic nitrogens is 2. The molecule has 0 bridgehead atoms. The minimum Gasteiger partial charge on any atom is -0.496 e. The molecule has 5 rings (SSSR count). The summed E-state index contributed by atoms with van der Waals surface area (Å²) in [6, 6.07) is 22.6. The van der Waals surface area contributed by atoms with E-state index in [4.69, 9.17) is 14.5 Å². The van der Waals surface area contributed by atoms with E-state index in [9.17, 15) is 0 Å². The standard InChI is InChI=1S/C23H18N2O2/c1-26-20-12-7-13-21(27-2)22(20)18-14-25-19-11-6-5-9-16(19)15-8-3-4-10-17(15)23(25)24-18/h3-14H,1-2H3. The highest BCUT2D eigenvalue weighted by atomic mass is 16.5. The van der Waals surface area contributed by atoms with Crippen LogP contribution in [0.3, 0.4) is 0 Å². The van der Waals surface area contributed by atoms with Gasteiger partial charge in [-0.25, -0.2) is 4.98 Å². The lowest BCUT2D eigenvalue weighted by Gasteiger charge is -2.10. The fraction of sp³-hybridized carbons (Fsp3) is 0.0870. The molecule has 0 saturated carbocycles. The number of methoxy groups -OCH3 is 2. The van der Waals surface area contributed by atoms with Crippen molar-refractivity contribution < 1.29 is 9.47 Å². The van der Waals surface area contributed by atoms with Crippen LogP contribution in [0.5, 0.6) is 11.5 Å². The normalized spacial score (nSPS) is 11.3. The first kappa shape index (κ1) is 15.7. The molecular formula is C23H18N2O2. The maximum atomic E-state index is 5.58. The highest BCUT2D eigenvalue weighted by Gasteiger charge is 2.18. The molecule has 2 heterocycles. The lowest BCUT2D eigenvalue weighted by atomic mass is 10.1. The summed E-state index contributed by atoms with van der Waals surface area (Å²) in [5.74, 6) is 1.48. The van der Waals surface area contributed by atoms with Gasteiger partial charge >= 0.3 is 0 Å². The number of ether oxygens (including phenoxy) is 2. The zero-order valence-electron chi connectivity index (χ0n) is 15.1. The molecule has 2 aromatic heterocycles. The van der Waals surface area contributed by atoms with Crippen molar-refractivity contribution in [3.63, 3.8) is 0 Å². The van der Waals surface area contributed by atoms with Crippen molar-refractivity contribution in [2.45, 2.75) is 0 Å². The van der Waals surface area contributed by atoms with E-state index in [0.717, 1.165) is 39.3 Å². The number of nitrogens with zero attached hydrogens (tertiary/aromatic N) is 2. The van der Waals surface area contributed by atoms with Gasteiger partial charge in [0.2, 0.25) is 0 Å². The molecule has 0 amide bonds. The Kier molecular flexibility index (Phi) is 3.50. The average molecular weight is 354 g/mol. The number of pyridine rings is 1. The third kappa shape index (κ3) is 2.27. The highest BCUT2D eigenvalue weighted by molar-refractivity contribution is 6.12. The van der Waals surface area contributed by atoms with Gasteiger partial charge in [0.05, 0.1) is 31.0 Å². The number of imidazole rings is 1. The Bertz CT molecular complexity index is 1210. The molecule has 5 aromatic rings. The van der Waals surface area contributed by atoms with Gasteiger partial charge in [-0.05, 0) is 23.6 Å². The molecule has 27 heavy (non-hydrogen) atoms. The summed E-state index contributed by atoms with van der Waals surface area (Å²) in [4.78, 5) is 4.98. The van der Waals surface area contributed by atoms with Crippen LogP contribution in [0.15, 0.2) is 72.9 Å². The van der Waals surface area contributed by atoms with Crippen molar-refractivity contribution in [3.05, 3.63) is 72.9 Å². The summed E-state index contributed by atoms with van der Waals surface area (Å²) in [7, 11) is 3.33. The van der Waals surface area contributed by atoms with Crippen LogP contribution in [-0.2, 0) is 0 Å². The first-order valence-electron chi connectivity index (χ1n) is 8.81. The first-order chi connectivity index (χ1) is 13.3. The van der Waals surface area contributed by atoms with Crippen LogP contribution in [0.1, 0.15) is 0 Å². The van der Waals surface area contributed by atoms with Gasteiger partial charge in [-0.3, -0.25) is 4.40 Å². The quantitative estimate of drug-likeness (QED) is 0.411. The van der Waals surface area contributed by atoms with Crippen LogP contribution in [0.25, 0.3) is 38.6 Å². The van der Waals surface area contributed by atoms with Crippen molar-refractivity contribution in [1.29, 1.82) is 0 Å². The van der Waals surface area contributed by atoms with Gasteiger partial charge in [-0.1, -0.05) is 48.5 Å². The second kappa shape index (κ2) is 6.02. The highest BCUT2D eigenvalue weighted by Crippen LogP contribution is 2.39. The molecule has 4 heteroatoms. The largest absolute Gasteiger partial charge is 0.496 e. The maximum Gasteiger partial charge on any atom is 0.145 e. The Morgan fingerprint density at radius 3 is 2.04 bits per heavy atom. The summed E-state index contributed by atoms with van der Waals surface area (Å²) in [5, 5.41) is 3.53. The number of benzene rings is 3. The van der Waals surface area contributed by atoms with E-state index in [0.29, 0.717) is 0 Å². The minimum absolute atomic E-state index is 0.742. The van der Waals surface area contributed by atoms with Crippen molar-refractivity contribution in [2.24, 2.45) is 0 Å². The van der Waals surface area contributed by atoms with Gasteiger partial charge in [0.1, 0.15) is 17.1 Å². The molecule has 0 spiro atoms. The Morgan fingerprint density at radius 1 is 0.704 bits per heavy atom. The van der Waals surface area contributed by atoms with E-state index in [1.165, 1.54) is 10.8 Å². The fourth-order valence-corrected chi connectivity index (χ4v) is 3.80. The van der Waals surface area contributed by atoms with E-state index < -0.39 is 0 Å². The molecule has 4 nitrogen and oxygen atoms in total. The SMILES string of the molecule is COc1cccc(OC)c1-c1cn2c3ccccc3c3ccccc3c2n1. The van der Waals surface area contributed by atoms with E-state index in [2.05, 4.69) is 59.1 Å². The molecule has 0 aliphatic heterocycles. The van der Waals surface area contributed by atoms with Crippen molar-refractivity contribution in [2.75, 3.05) is 14.2 Å². The van der Waals surface area contributed by atoms with E-state index in [1.807, 2.05) is 18.2 Å². The molecule has 0 radical (unpaired) electrons. The molecule has 0 fully saturated rings. The number of hydrogen-bond acceptors (Lipinski definition) is 3.